The van der Waals surface area contributed by atoms with E-state index >= 15 is 0 Å². The molecule has 1 amide bonds. The van der Waals surface area contributed by atoms with Gasteiger partial charge in [-0.15, -0.1) is 0 Å². The number of esters is 1. The number of nitrogens with zero attached hydrogens (tertiary/aromatic N) is 3. The number of benzene rings is 1. The van der Waals surface area contributed by atoms with E-state index in [0.717, 1.165) is 0 Å². The maximum absolute atomic E-state index is 14.5. The normalized spacial score (nSPS) is 39.8. The molecule has 414 valence electrons. The number of nitrogens with one attached hydrogen (secondary N) is 1. The summed E-state index contributed by atoms with van der Waals surface area (Å²) in [5, 5.41) is 93.9. The number of aliphatic hydroxyl groups is 7. The molecule has 4 rings (SSSR count). The molecule has 3 aliphatic heterocycles. The van der Waals surface area contributed by atoms with Crippen LogP contribution in [0.4, 0.5) is 5.69 Å². The number of aliphatic hydroxyl groups excluding tert-OH is 5. The van der Waals surface area contributed by atoms with Crippen molar-refractivity contribution in [1.29, 1.82) is 0 Å². The van der Waals surface area contributed by atoms with Gasteiger partial charge in [0.2, 0.25) is 5.91 Å². The Kier molecular flexibility index (Phi) is 22.4. The third-order valence-electron chi connectivity index (χ3n) is 15.6. The van der Waals surface area contributed by atoms with Crippen molar-refractivity contribution in [2.24, 2.45) is 17.8 Å². The second-order valence-electron chi connectivity index (χ2n) is 21.8. The summed E-state index contributed by atoms with van der Waals surface area (Å²) < 4.78 is 38.0. The lowest BCUT2D eigenvalue weighted by Gasteiger charge is -2.49. The van der Waals surface area contributed by atoms with E-state index in [2.05, 4.69) is 5.32 Å². The molecule has 72 heavy (non-hydrogen) atoms. The zero-order valence-corrected chi connectivity index (χ0v) is 44.8. The maximum Gasteiger partial charge on any atom is 0.311 e. The van der Waals surface area contributed by atoms with E-state index in [-0.39, 0.29) is 37.3 Å². The Hall–Kier alpha value is -3.00. The van der Waals surface area contributed by atoms with Crippen molar-refractivity contribution < 1.29 is 78.7 Å². The van der Waals surface area contributed by atoms with Crippen LogP contribution in [0.15, 0.2) is 24.3 Å². The van der Waals surface area contributed by atoms with Crippen LogP contribution in [-0.2, 0) is 38.0 Å². The minimum absolute atomic E-state index is 0.0683. The average Bonchev–Trinajstić information content (AvgIpc) is 3.32. The molecule has 3 fully saturated rings. The van der Waals surface area contributed by atoms with Gasteiger partial charge >= 0.3 is 5.97 Å². The van der Waals surface area contributed by atoms with Crippen LogP contribution in [0.5, 0.6) is 0 Å². The van der Waals surface area contributed by atoms with Crippen LogP contribution in [-0.4, -0.2) is 200 Å². The molecule has 1 aromatic carbocycles. The molecule has 0 aromatic heterocycles. The molecule has 20 atom stereocenters. The van der Waals surface area contributed by atoms with Gasteiger partial charge in [0.05, 0.1) is 59.1 Å². The number of nitro groups is 1. The van der Waals surface area contributed by atoms with Crippen molar-refractivity contribution in [2.45, 2.75) is 217 Å². The number of non-ortho nitro benzene ring substituents is 1. The lowest BCUT2D eigenvalue weighted by atomic mass is 9.77. The van der Waals surface area contributed by atoms with E-state index in [1.54, 1.807) is 48.5 Å². The molecule has 21 heteroatoms. The van der Waals surface area contributed by atoms with Gasteiger partial charge in [0.1, 0.15) is 36.1 Å². The van der Waals surface area contributed by atoms with Crippen molar-refractivity contribution in [3.8, 4) is 0 Å². The van der Waals surface area contributed by atoms with Crippen LogP contribution >= 0.6 is 0 Å². The lowest BCUT2D eigenvalue weighted by molar-refractivity contribution is -0.384. The third kappa shape index (κ3) is 15.1. The Morgan fingerprint density at radius 2 is 1.64 bits per heavy atom. The molecule has 0 spiro atoms. The highest BCUT2D eigenvalue weighted by atomic mass is 16.7. The van der Waals surface area contributed by atoms with Crippen LogP contribution in [0.1, 0.15) is 126 Å². The second kappa shape index (κ2) is 26.2. The first-order chi connectivity index (χ1) is 33.5. The van der Waals surface area contributed by atoms with E-state index in [0.29, 0.717) is 37.9 Å². The number of rotatable bonds is 17. The number of unbranched alkanes of at least 4 members (excludes halogenated alkanes) is 1. The lowest BCUT2D eigenvalue weighted by Crippen LogP contribution is -2.60. The smallest absolute Gasteiger partial charge is 0.311 e. The van der Waals surface area contributed by atoms with Crippen LogP contribution < -0.4 is 5.32 Å². The number of methoxy groups -OCH3 is 1. The molecule has 3 heterocycles. The van der Waals surface area contributed by atoms with Gasteiger partial charge in [-0.1, -0.05) is 20.8 Å². The molecule has 3 aliphatic rings. The summed E-state index contributed by atoms with van der Waals surface area (Å²) in [5.41, 5.74) is -4.50. The van der Waals surface area contributed by atoms with E-state index in [9.17, 15) is 55.4 Å². The van der Waals surface area contributed by atoms with Crippen molar-refractivity contribution in [3.05, 3.63) is 39.9 Å². The molecule has 21 nitrogen and oxygen atoms in total. The van der Waals surface area contributed by atoms with E-state index < -0.39 is 138 Å². The number of cyclic esters (lactones) is 1. The van der Waals surface area contributed by atoms with Gasteiger partial charge in [0.15, 0.2) is 12.6 Å². The van der Waals surface area contributed by atoms with Crippen LogP contribution in [0.25, 0.3) is 0 Å². The predicted molar refractivity (Wildman–Crippen MR) is 264 cm³/mol. The highest BCUT2D eigenvalue weighted by Gasteiger charge is 2.53. The van der Waals surface area contributed by atoms with Gasteiger partial charge in [0.25, 0.3) is 5.69 Å². The van der Waals surface area contributed by atoms with Gasteiger partial charge in [-0.2, -0.15) is 0 Å². The molecule has 0 saturated carbocycles. The van der Waals surface area contributed by atoms with Crippen LogP contribution in [0, 0.1) is 27.9 Å². The first-order valence-corrected chi connectivity index (χ1v) is 25.6. The van der Waals surface area contributed by atoms with Crippen LogP contribution in [0.2, 0.25) is 0 Å². The first kappa shape index (κ1) is 61.5. The number of hydrogen-bond acceptors (Lipinski definition) is 19. The summed E-state index contributed by atoms with van der Waals surface area (Å²) in [7, 11) is 5.13. The molecule has 0 radical (unpaired) electrons. The molecule has 1 aromatic rings. The topological polar surface area (TPSA) is 293 Å². The quantitative estimate of drug-likeness (QED) is 0.0481. The van der Waals surface area contributed by atoms with E-state index in [4.69, 9.17) is 28.4 Å². The fourth-order valence-electron chi connectivity index (χ4n) is 11.0. The number of carbonyl (C=O) groups excluding carboxylic acids is 2. The van der Waals surface area contributed by atoms with Crippen molar-refractivity contribution in [3.63, 3.8) is 0 Å². The summed E-state index contributed by atoms with van der Waals surface area (Å²) in [5.74, 6) is -3.35. The molecule has 3 saturated heterocycles. The monoisotopic (exact) mass is 1030 g/mol. The SMILES string of the molecule is CC[C@H]1OC(=O)[C@H](C)[C@@H](O[C@H]2C[C@@](C)(OC)[C@@H](O)[C@H](C)O2)[C@H](C)[C@@H](O[C@@H]2O[C@H](C)C[C@H](N(C)CCCCC(=O)N[C@H](CO)[C@H](O)c3ccc([N+](=O)[O-])cc3)[C@H]2O)[C@](C)(O)C[C@@H](C)CN(C)[C@H](C)[C@@H](O)[C@]1(C)O. The average molecular weight is 1030 g/mol. The number of nitro benzene ring substituents is 1. The maximum atomic E-state index is 14.5. The standard InChI is InChI=1S/C51H88N4O17/c1-14-38-51(10,64)44(60)32(6)54(12)26-28(2)24-49(8,63)46(30(4)43(31(5)47(62)70-38)71-40-25-50(9,67-13)45(61)33(7)69-40)72-48-42(59)37(23-29(3)68-48)53(11)22-16-15-17-39(57)52-36(27-56)41(58)34-18-20-35(21-19-34)55(65)66/h18-21,28-33,36-38,40-46,48,56,58-61,63-64H,14-17,22-27H2,1-13H3,(H,52,57)/t28-,29-,30+,31-,32-,33+,36-,37+,38-,40+,41-,42-,43+,44-,45+,46-,48+,49-,50-,51-/m1/s1. The number of carbonyl (C=O) groups is 2. The first-order valence-electron chi connectivity index (χ1n) is 25.6. The van der Waals surface area contributed by atoms with Gasteiger partial charge < -0.3 is 79.3 Å². The van der Waals surface area contributed by atoms with Gasteiger partial charge in [-0.05, 0) is 125 Å². The molecule has 0 unspecified atom stereocenters. The Morgan fingerprint density at radius 3 is 2.22 bits per heavy atom. The molecule has 0 bridgehead atoms. The minimum atomic E-state index is -1.86. The Labute approximate surface area is 425 Å². The van der Waals surface area contributed by atoms with Gasteiger partial charge in [-0.3, -0.25) is 19.7 Å². The highest BCUT2D eigenvalue weighted by molar-refractivity contribution is 5.76. The fourth-order valence-corrected chi connectivity index (χ4v) is 11.0. The van der Waals surface area contributed by atoms with Crippen molar-refractivity contribution in [1.82, 2.24) is 15.1 Å². The molecular formula is C51H88N4O17. The Morgan fingerprint density at radius 1 is 1.00 bits per heavy atom. The summed E-state index contributed by atoms with van der Waals surface area (Å²) in [6.07, 6.45) is -9.96. The number of amides is 1. The van der Waals surface area contributed by atoms with Crippen molar-refractivity contribution >= 4 is 17.6 Å². The molecule has 0 aliphatic carbocycles. The molecular weight excluding hydrogens is 941 g/mol. The van der Waals surface area contributed by atoms with Gasteiger partial charge in [-0.25, -0.2) is 0 Å². The minimum Gasteiger partial charge on any atom is -0.459 e. The summed E-state index contributed by atoms with van der Waals surface area (Å²) in [4.78, 5) is 41.7. The highest BCUT2D eigenvalue weighted by Crippen LogP contribution is 2.40. The van der Waals surface area contributed by atoms with E-state index in [1.165, 1.54) is 38.3 Å². The zero-order valence-electron chi connectivity index (χ0n) is 44.8. The van der Waals surface area contributed by atoms with Crippen LogP contribution in [0.3, 0.4) is 0 Å². The van der Waals surface area contributed by atoms with E-state index in [1.807, 2.05) is 37.7 Å². The number of hydrogen-bond donors (Lipinski definition) is 8. The summed E-state index contributed by atoms with van der Waals surface area (Å²) in [6, 6.07) is 3.06. The summed E-state index contributed by atoms with van der Waals surface area (Å²) in [6.45, 7) is 17.5. The molecule has 8 N–H and O–H groups in total. The fraction of sp³-hybridized carbons (Fsp3) is 0.843. The third-order valence-corrected chi connectivity index (χ3v) is 15.6. The Balaban J connectivity index is 1.59. The van der Waals surface area contributed by atoms with Gasteiger partial charge in [0, 0.05) is 56.6 Å². The number of likely N-dealkylation sites (N-methyl/N-ethyl adjacent to an activating group) is 2. The van der Waals surface area contributed by atoms with Crippen molar-refractivity contribution in [2.75, 3.05) is 40.9 Å². The summed E-state index contributed by atoms with van der Waals surface area (Å²) >= 11 is 0. The second-order valence-corrected chi connectivity index (χ2v) is 21.8. The predicted octanol–water partition coefficient (Wildman–Crippen LogP) is 2.56. The zero-order chi connectivity index (χ0) is 54.2. The largest absolute Gasteiger partial charge is 0.459 e. The number of ether oxygens (including phenoxy) is 6. The Bertz CT molecular complexity index is 1880.